The second-order valence-corrected chi connectivity index (χ2v) is 9.59. The van der Waals surface area contributed by atoms with E-state index in [9.17, 15) is 4.79 Å². The van der Waals surface area contributed by atoms with Gasteiger partial charge in [-0.2, -0.15) is 4.98 Å². The van der Waals surface area contributed by atoms with Gasteiger partial charge in [0, 0.05) is 42.3 Å². The molecule has 1 N–H and O–H groups in total. The van der Waals surface area contributed by atoms with Gasteiger partial charge in [0.2, 0.25) is 5.95 Å². The van der Waals surface area contributed by atoms with Crippen LogP contribution in [0, 0.1) is 0 Å². The Bertz CT molecular complexity index is 1710. The zero-order valence-corrected chi connectivity index (χ0v) is 20.1. The molecule has 0 saturated carbocycles. The summed E-state index contributed by atoms with van der Waals surface area (Å²) in [6.07, 6.45) is 3.85. The highest BCUT2D eigenvalue weighted by Gasteiger charge is 2.30. The van der Waals surface area contributed by atoms with Crippen LogP contribution in [0.25, 0.3) is 27.6 Å². The molecule has 2 aliphatic heterocycles. The van der Waals surface area contributed by atoms with Gasteiger partial charge in [0.15, 0.2) is 0 Å². The lowest BCUT2D eigenvalue weighted by Gasteiger charge is -2.30. The van der Waals surface area contributed by atoms with Gasteiger partial charge < -0.3 is 14.8 Å². The van der Waals surface area contributed by atoms with Crippen molar-refractivity contribution in [3.05, 3.63) is 94.9 Å². The van der Waals surface area contributed by atoms with Crippen molar-refractivity contribution in [1.29, 1.82) is 0 Å². The van der Waals surface area contributed by atoms with Crippen molar-refractivity contribution >= 4 is 45.1 Å². The molecule has 36 heavy (non-hydrogen) atoms. The van der Waals surface area contributed by atoms with Gasteiger partial charge in [-0.05, 0) is 55.3 Å². The van der Waals surface area contributed by atoms with E-state index in [1.807, 2.05) is 30.3 Å². The number of anilines is 3. The van der Waals surface area contributed by atoms with Crippen molar-refractivity contribution in [3.8, 4) is 0 Å². The van der Waals surface area contributed by atoms with Gasteiger partial charge in [-0.3, -0.25) is 4.57 Å². The minimum absolute atomic E-state index is 0.0955. The van der Waals surface area contributed by atoms with Crippen LogP contribution in [0.3, 0.4) is 0 Å². The summed E-state index contributed by atoms with van der Waals surface area (Å²) in [5.74, 6) is 1.68. The quantitative estimate of drug-likeness (QED) is 0.394. The van der Waals surface area contributed by atoms with E-state index < -0.39 is 0 Å². The third-order valence-corrected chi connectivity index (χ3v) is 7.35. The Balaban J connectivity index is 1.28. The standard InChI is InChI=1S/C29H26N6O/c1-19-18-20-8-2-6-12-25(20)34(19)27-22-9-3-4-10-23(22)30-28(32-27)33-16-14-21(15-17-33)35-26-13-7-5-11-24(26)31-29(35)36/h2-14,19H,15-18H2,1H3,(H,31,36). The van der Waals surface area contributed by atoms with Crippen LogP contribution in [0.15, 0.2) is 83.7 Å². The van der Waals surface area contributed by atoms with Crippen molar-refractivity contribution in [3.63, 3.8) is 0 Å². The van der Waals surface area contributed by atoms with E-state index in [0.717, 1.165) is 58.8 Å². The fourth-order valence-electron chi connectivity index (χ4n) is 5.64. The normalized spacial score (nSPS) is 17.6. The Morgan fingerprint density at radius 3 is 2.64 bits per heavy atom. The Morgan fingerprint density at radius 2 is 1.75 bits per heavy atom. The van der Waals surface area contributed by atoms with Gasteiger partial charge in [0.1, 0.15) is 5.82 Å². The van der Waals surface area contributed by atoms with Crippen LogP contribution < -0.4 is 15.5 Å². The molecule has 0 amide bonds. The average Bonchev–Trinajstić information content (AvgIpc) is 3.43. The number of nitrogens with zero attached hydrogens (tertiary/aromatic N) is 5. The number of imidazole rings is 1. The SMILES string of the molecule is CC1Cc2ccccc2N1c1nc(N2CC=C(n3c(=O)[nH]c4ccccc43)CC2)nc2ccccc12. The average molecular weight is 475 g/mol. The largest absolute Gasteiger partial charge is 0.337 e. The van der Waals surface area contributed by atoms with Crippen LogP contribution >= 0.6 is 0 Å². The van der Waals surface area contributed by atoms with Crippen LogP contribution in [0.5, 0.6) is 0 Å². The second kappa shape index (κ2) is 8.09. The second-order valence-electron chi connectivity index (χ2n) is 9.59. The number of para-hydroxylation sites is 4. The van der Waals surface area contributed by atoms with Gasteiger partial charge in [0.25, 0.3) is 0 Å². The minimum Gasteiger partial charge on any atom is -0.337 e. The maximum atomic E-state index is 12.7. The molecular weight excluding hydrogens is 448 g/mol. The van der Waals surface area contributed by atoms with Gasteiger partial charge in [-0.25, -0.2) is 9.78 Å². The maximum absolute atomic E-state index is 12.7. The van der Waals surface area contributed by atoms with E-state index in [1.54, 1.807) is 4.57 Å². The highest BCUT2D eigenvalue weighted by atomic mass is 16.1. The highest BCUT2D eigenvalue weighted by Crippen LogP contribution is 2.40. The van der Waals surface area contributed by atoms with Gasteiger partial charge in [0.05, 0.1) is 16.6 Å². The molecule has 1 unspecified atom stereocenters. The zero-order chi connectivity index (χ0) is 24.2. The van der Waals surface area contributed by atoms with Crippen molar-refractivity contribution in [2.45, 2.75) is 25.8 Å². The number of hydrogen-bond donors (Lipinski definition) is 1. The summed E-state index contributed by atoms with van der Waals surface area (Å²) in [6, 6.07) is 25.0. The number of aromatic amines is 1. The molecule has 0 fully saturated rings. The first-order valence-electron chi connectivity index (χ1n) is 12.5. The summed E-state index contributed by atoms with van der Waals surface area (Å²) >= 11 is 0. The van der Waals surface area contributed by atoms with E-state index in [-0.39, 0.29) is 5.69 Å². The van der Waals surface area contributed by atoms with E-state index in [1.165, 1.54) is 11.3 Å². The lowest BCUT2D eigenvalue weighted by Crippen LogP contribution is -2.33. The van der Waals surface area contributed by atoms with E-state index in [2.05, 4.69) is 70.2 Å². The number of nitrogens with one attached hydrogen (secondary N) is 1. The lowest BCUT2D eigenvalue weighted by molar-refractivity contribution is 0.742. The Labute approximate surface area is 208 Å². The van der Waals surface area contributed by atoms with Crippen LogP contribution in [-0.2, 0) is 6.42 Å². The van der Waals surface area contributed by atoms with Crippen molar-refractivity contribution < 1.29 is 0 Å². The first-order valence-corrected chi connectivity index (χ1v) is 12.5. The van der Waals surface area contributed by atoms with E-state index >= 15 is 0 Å². The maximum Gasteiger partial charge on any atom is 0.330 e. The molecule has 4 heterocycles. The zero-order valence-electron chi connectivity index (χ0n) is 20.1. The molecule has 2 aromatic heterocycles. The third-order valence-electron chi connectivity index (χ3n) is 7.35. The highest BCUT2D eigenvalue weighted by molar-refractivity contribution is 5.93. The fourth-order valence-corrected chi connectivity index (χ4v) is 5.64. The molecule has 0 bridgehead atoms. The van der Waals surface area contributed by atoms with Gasteiger partial charge in [-0.1, -0.05) is 42.5 Å². The predicted molar refractivity (Wildman–Crippen MR) is 145 cm³/mol. The molecule has 7 nitrogen and oxygen atoms in total. The van der Waals surface area contributed by atoms with E-state index in [0.29, 0.717) is 12.6 Å². The fraction of sp³-hybridized carbons (Fsp3) is 0.207. The molecule has 1 atom stereocenters. The van der Waals surface area contributed by atoms with Crippen LogP contribution in [0.1, 0.15) is 18.9 Å². The number of fused-ring (bicyclic) bond motifs is 3. The summed E-state index contributed by atoms with van der Waals surface area (Å²) in [6.45, 7) is 3.64. The van der Waals surface area contributed by atoms with Crippen LogP contribution in [0.2, 0.25) is 0 Å². The van der Waals surface area contributed by atoms with Crippen molar-refractivity contribution in [2.75, 3.05) is 22.9 Å². The van der Waals surface area contributed by atoms with Crippen molar-refractivity contribution in [2.24, 2.45) is 0 Å². The number of benzene rings is 3. The molecule has 3 aromatic carbocycles. The number of H-pyrrole nitrogens is 1. The van der Waals surface area contributed by atoms with Crippen LogP contribution in [-0.4, -0.2) is 38.7 Å². The Hall–Kier alpha value is -4.39. The molecule has 5 aromatic rings. The molecular formula is C29H26N6O. The summed E-state index contributed by atoms with van der Waals surface area (Å²) in [7, 11) is 0. The lowest BCUT2D eigenvalue weighted by atomic mass is 10.1. The summed E-state index contributed by atoms with van der Waals surface area (Å²) in [4.78, 5) is 30.3. The Morgan fingerprint density at radius 1 is 0.944 bits per heavy atom. The monoisotopic (exact) mass is 474 g/mol. The van der Waals surface area contributed by atoms with Crippen LogP contribution in [0.4, 0.5) is 17.5 Å². The Kier molecular flexibility index (Phi) is 4.70. The molecule has 0 aliphatic carbocycles. The van der Waals surface area contributed by atoms with E-state index in [4.69, 9.17) is 9.97 Å². The molecule has 0 saturated heterocycles. The first-order chi connectivity index (χ1) is 17.7. The van der Waals surface area contributed by atoms with Crippen molar-refractivity contribution in [1.82, 2.24) is 19.5 Å². The summed E-state index contributed by atoms with van der Waals surface area (Å²) < 4.78 is 1.79. The number of aromatic nitrogens is 4. The predicted octanol–water partition coefficient (Wildman–Crippen LogP) is 5.11. The molecule has 7 heteroatoms. The first kappa shape index (κ1) is 20.9. The molecule has 2 aliphatic rings. The van der Waals surface area contributed by atoms with Gasteiger partial charge in [-0.15, -0.1) is 0 Å². The molecule has 0 spiro atoms. The van der Waals surface area contributed by atoms with Gasteiger partial charge >= 0.3 is 5.69 Å². The topological polar surface area (TPSA) is 70.1 Å². The smallest absolute Gasteiger partial charge is 0.330 e. The minimum atomic E-state index is -0.0955. The molecule has 0 radical (unpaired) electrons. The molecule has 178 valence electrons. The summed E-state index contributed by atoms with van der Waals surface area (Å²) in [5.41, 5.74) is 6.19. The summed E-state index contributed by atoms with van der Waals surface area (Å²) in [5, 5.41) is 1.06. The molecule has 7 rings (SSSR count). The number of rotatable bonds is 3. The third kappa shape index (κ3) is 3.23. The number of hydrogen-bond acceptors (Lipinski definition) is 5.